The molecule has 4 rings (SSSR count). The molecule has 1 aromatic carbocycles. The summed E-state index contributed by atoms with van der Waals surface area (Å²) in [6, 6.07) is 12.5. The van der Waals surface area contributed by atoms with Crippen LogP contribution in [0.15, 0.2) is 47.2 Å². The summed E-state index contributed by atoms with van der Waals surface area (Å²) in [6.07, 6.45) is -0.513. The van der Waals surface area contributed by atoms with Crippen LogP contribution in [0.2, 0.25) is 0 Å². The Kier molecular flexibility index (Phi) is 2.70. The van der Waals surface area contributed by atoms with Gasteiger partial charge in [-0.3, -0.25) is 0 Å². The van der Waals surface area contributed by atoms with Gasteiger partial charge < -0.3 is 5.11 Å². The predicted octanol–water partition coefficient (Wildman–Crippen LogP) is 5.26. The van der Waals surface area contributed by atoms with Crippen LogP contribution in [-0.2, 0) is 0 Å². The molecule has 94 valence electrons. The molecule has 1 unspecified atom stereocenters. The Balaban J connectivity index is 1.84. The largest absolute Gasteiger partial charge is 0.383 e. The highest BCUT2D eigenvalue weighted by Gasteiger charge is 2.17. The Bertz CT molecular complexity index is 824. The normalized spacial score (nSPS) is 13.3. The predicted molar refractivity (Wildman–Crippen MR) is 85.6 cm³/mol. The molecular formula is C15H10OS3. The molecule has 19 heavy (non-hydrogen) atoms. The molecule has 0 radical (unpaired) electrons. The van der Waals surface area contributed by atoms with Crippen LogP contribution in [0, 0.1) is 0 Å². The quantitative estimate of drug-likeness (QED) is 0.535. The summed E-state index contributed by atoms with van der Waals surface area (Å²) in [6.45, 7) is 0. The zero-order chi connectivity index (χ0) is 12.8. The summed E-state index contributed by atoms with van der Waals surface area (Å²) in [5, 5.41) is 16.0. The molecule has 1 nitrogen and oxygen atoms in total. The molecule has 0 spiro atoms. The molecule has 0 saturated heterocycles. The Hall–Kier alpha value is -1.20. The Morgan fingerprint density at radius 1 is 0.947 bits per heavy atom. The third-order valence-electron chi connectivity index (χ3n) is 3.23. The molecule has 0 aliphatic carbocycles. The molecule has 4 aromatic rings. The maximum absolute atomic E-state index is 10.6. The van der Waals surface area contributed by atoms with E-state index in [1.165, 1.54) is 14.1 Å². The second-order valence-electron chi connectivity index (χ2n) is 4.39. The molecule has 0 aliphatic heterocycles. The number of hydrogen-bond donors (Lipinski definition) is 1. The first-order valence-corrected chi connectivity index (χ1v) is 8.51. The van der Waals surface area contributed by atoms with Crippen LogP contribution in [0.5, 0.6) is 0 Å². The fourth-order valence-corrected chi connectivity index (χ4v) is 5.39. The summed E-state index contributed by atoms with van der Waals surface area (Å²) in [7, 11) is 0. The van der Waals surface area contributed by atoms with Gasteiger partial charge in [0, 0.05) is 24.5 Å². The van der Waals surface area contributed by atoms with Crippen LogP contribution in [0.1, 0.15) is 16.5 Å². The molecule has 3 heterocycles. The van der Waals surface area contributed by atoms with E-state index < -0.39 is 6.10 Å². The lowest BCUT2D eigenvalue weighted by Gasteiger charge is -2.07. The standard InChI is InChI=1S/C15H10OS3/c16-15(14-7-13-12(19-14)5-6-17-13)10-8-18-11-4-2-1-3-9(10)11/h1-8,15-16H. The average molecular weight is 302 g/mol. The first-order chi connectivity index (χ1) is 9.33. The lowest BCUT2D eigenvalue weighted by Crippen LogP contribution is -1.95. The number of rotatable bonds is 2. The Morgan fingerprint density at radius 2 is 1.84 bits per heavy atom. The maximum atomic E-state index is 10.6. The summed E-state index contributed by atoms with van der Waals surface area (Å²) in [5.74, 6) is 0. The maximum Gasteiger partial charge on any atom is 0.115 e. The van der Waals surface area contributed by atoms with Gasteiger partial charge in [0.05, 0.1) is 0 Å². The number of aliphatic hydroxyl groups is 1. The van der Waals surface area contributed by atoms with Gasteiger partial charge in [0.25, 0.3) is 0 Å². The van der Waals surface area contributed by atoms with Crippen LogP contribution < -0.4 is 0 Å². The fraction of sp³-hybridized carbons (Fsp3) is 0.0667. The first-order valence-electron chi connectivity index (χ1n) is 5.94. The van der Waals surface area contributed by atoms with Crippen molar-refractivity contribution in [2.45, 2.75) is 6.10 Å². The molecule has 0 amide bonds. The van der Waals surface area contributed by atoms with E-state index in [9.17, 15) is 5.11 Å². The number of benzene rings is 1. The fourth-order valence-electron chi connectivity index (χ4n) is 2.28. The first kappa shape index (κ1) is 11.6. The number of aliphatic hydroxyl groups excluding tert-OH is 1. The highest BCUT2D eigenvalue weighted by Crippen LogP contribution is 2.39. The van der Waals surface area contributed by atoms with Gasteiger partial charge in [-0.15, -0.1) is 34.0 Å². The molecule has 3 aromatic heterocycles. The van der Waals surface area contributed by atoms with Crippen molar-refractivity contribution in [1.82, 2.24) is 0 Å². The van der Waals surface area contributed by atoms with E-state index in [0.29, 0.717) is 0 Å². The van der Waals surface area contributed by atoms with Gasteiger partial charge in [-0.05, 0) is 34.3 Å². The van der Waals surface area contributed by atoms with Crippen LogP contribution in [0.3, 0.4) is 0 Å². The van der Waals surface area contributed by atoms with E-state index in [2.05, 4.69) is 35.0 Å². The average Bonchev–Trinajstić information content (AvgIpc) is 3.11. The number of hydrogen-bond acceptors (Lipinski definition) is 4. The van der Waals surface area contributed by atoms with Crippen molar-refractivity contribution in [3.05, 3.63) is 57.6 Å². The Morgan fingerprint density at radius 3 is 2.74 bits per heavy atom. The summed E-state index contributed by atoms with van der Waals surface area (Å²) in [4.78, 5) is 1.03. The van der Waals surface area contributed by atoms with Crippen LogP contribution >= 0.6 is 34.0 Å². The van der Waals surface area contributed by atoms with Gasteiger partial charge in [0.2, 0.25) is 0 Å². The lowest BCUT2D eigenvalue weighted by atomic mass is 10.1. The molecule has 0 bridgehead atoms. The van der Waals surface area contributed by atoms with Crippen LogP contribution in [0.25, 0.3) is 19.5 Å². The van der Waals surface area contributed by atoms with Crippen molar-refractivity contribution < 1.29 is 5.11 Å². The zero-order valence-corrected chi connectivity index (χ0v) is 12.3. The van der Waals surface area contributed by atoms with Gasteiger partial charge in [0.1, 0.15) is 6.10 Å². The van der Waals surface area contributed by atoms with Gasteiger partial charge in [-0.2, -0.15) is 0 Å². The summed E-state index contributed by atoms with van der Waals surface area (Å²) in [5.41, 5.74) is 1.02. The van der Waals surface area contributed by atoms with Crippen LogP contribution in [0.4, 0.5) is 0 Å². The van der Waals surface area contributed by atoms with Gasteiger partial charge >= 0.3 is 0 Å². The second-order valence-corrected chi connectivity index (χ2v) is 7.36. The molecule has 4 heteroatoms. The van der Waals surface area contributed by atoms with Crippen molar-refractivity contribution in [3.8, 4) is 0 Å². The number of fused-ring (bicyclic) bond motifs is 2. The zero-order valence-electron chi connectivity index (χ0n) is 9.87. The van der Waals surface area contributed by atoms with E-state index in [-0.39, 0.29) is 0 Å². The molecule has 0 saturated carbocycles. The van der Waals surface area contributed by atoms with Gasteiger partial charge in [-0.25, -0.2) is 0 Å². The lowest BCUT2D eigenvalue weighted by molar-refractivity contribution is 0.226. The van der Waals surface area contributed by atoms with Gasteiger partial charge in [-0.1, -0.05) is 18.2 Å². The third kappa shape index (κ3) is 1.83. The minimum atomic E-state index is -0.513. The van der Waals surface area contributed by atoms with Crippen LogP contribution in [-0.4, -0.2) is 5.11 Å². The third-order valence-corrected chi connectivity index (χ3v) is 6.36. The van der Waals surface area contributed by atoms with Crippen molar-refractivity contribution in [2.75, 3.05) is 0 Å². The van der Waals surface area contributed by atoms with E-state index in [1.807, 2.05) is 12.1 Å². The second kappa shape index (κ2) is 4.42. The highest BCUT2D eigenvalue weighted by atomic mass is 32.1. The summed E-state index contributed by atoms with van der Waals surface area (Å²) >= 11 is 5.11. The van der Waals surface area contributed by atoms with E-state index in [0.717, 1.165) is 15.8 Å². The van der Waals surface area contributed by atoms with E-state index in [4.69, 9.17) is 0 Å². The molecule has 0 aliphatic rings. The monoisotopic (exact) mass is 302 g/mol. The van der Waals surface area contributed by atoms with Crippen molar-refractivity contribution in [2.24, 2.45) is 0 Å². The SMILES string of the molecule is OC(c1cc2sccc2s1)c1csc2ccccc12. The van der Waals surface area contributed by atoms with Crippen molar-refractivity contribution >= 4 is 53.5 Å². The molecule has 0 fully saturated rings. The molecule has 1 atom stereocenters. The van der Waals surface area contributed by atoms with E-state index in [1.54, 1.807) is 34.0 Å². The topological polar surface area (TPSA) is 20.2 Å². The van der Waals surface area contributed by atoms with Crippen molar-refractivity contribution in [1.29, 1.82) is 0 Å². The molecular weight excluding hydrogens is 292 g/mol. The minimum Gasteiger partial charge on any atom is -0.383 e. The van der Waals surface area contributed by atoms with Gasteiger partial charge in [0.15, 0.2) is 0 Å². The van der Waals surface area contributed by atoms with E-state index >= 15 is 0 Å². The highest BCUT2D eigenvalue weighted by molar-refractivity contribution is 7.27. The Labute approximate surface area is 122 Å². The summed E-state index contributed by atoms with van der Waals surface area (Å²) < 4.78 is 3.76. The number of thiophene rings is 3. The molecule has 1 N–H and O–H groups in total. The van der Waals surface area contributed by atoms with Crippen molar-refractivity contribution in [3.63, 3.8) is 0 Å². The smallest absolute Gasteiger partial charge is 0.115 e. The minimum absolute atomic E-state index is 0.513.